The minimum Gasteiger partial charge on any atom is -0.386 e. The molecule has 2 aliphatic rings. The summed E-state index contributed by atoms with van der Waals surface area (Å²) < 4.78 is 0. The van der Waals surface area contributed by atoms with Crippen molar-refractivity contribution in [2.24, 2.45) is 17.3 Å². The SMILES string of the molecule is C/C1=C\[C@@H](O)C(=O)/C(C)=C/[C@@H]2[C@H](CCC(C)(O)/C=C/C1)C2(C)C. The summed E-state index contributed by atoms with van der Waals surface area (Å²) >= 11 is 0. The lowest BCUT2D eigenvalue weighted by atomic mass is 9.94. The molecule has 23 heavy (non-hydrogen) atoms. The average Bonchev–Trinajstić information content (AvgIpc) is 2.94. The summed E-state index contributed by atoms with van der Waals surface area (Å²) in [5.41, 5.74) is 0.910. The number of allylic oxidation sites excluding steroid dienone is 3. The van der Waals surface area contributed by atoms with Crippen LogP contribution in [0.4, 0.5) is 0 Å². The fraction of sp³-hybridized carbons (Fsp3) is 0.650. The van der Waals surface area contributed by atoms with Crippen LogP contribution in [0.15, 0.2) is 35.5 Å². The van der Waals surface area contributed by atoms with Crippen molar-refractivity contribution in [1.82, 2.24) is 0 Å². The van der Waals surface area contributed by atoms with Gasteiger partial charge in [0.1, 0.15) is 6.10 Å². The highest BCUT2D eigenvalue weighted by Crippen LogP contribution is 2.61. The lowest BCUT2D eigenvalue weighted by Crippen LogP contribution is -2.21. The number of Topliss-reactive ketones (excluding diaryl/α,β-unsaturated/α-hetero) is 1. The Kier molecular flexibility index (Phi) is 5.03. The van der Waals surface area contributed by atoms with Crippen LogP contribution >= 0.6 is 0 Å². The van der Waals surface area contributed by atoms with Gasteiger partial charge in [0.25, 0.3) is 0 Å². The largest absolute Gasteiger partial charge is 0.386 e. The lowest BCUT2D eigenvalue weighted by molar-refractivity contribution is -0.121. The van der Waals surface area contributed by atoms with E-state index in [0.717, 1.165) is 18.4 Å². The summed E-state index contributed by atoms with van der Waals surface area (Å²) in [6.45, 7) is 9.94. The number of aliphatic hydroxyl groups excluding tert-OH is 1. The number of fused-ring (bicyclic) bond motifs is 1. The molecule has 0 aromatic heterocycles. The van der Waals surface area contributed by atoms with E-state index in [2.05, 4.69) is 13.8 Å². The lowest BCUT2D eigenvalue weighted by Gasteiger charge is -2.19. The molecule has 0 aromatic rings. The quantitative estimate of drug-likeness (QED) is 0.671. The first-order valence-corrected chi connectivity index (χ1v) is 8.52. The second kappa shape index (κ2) is 6.37. The molecule has 4 atom stereocenters. The van der Waals surface area contributed by atoms with E-state index in [1.165, 1.54) is 0 Å². The number of hydrogen-bond acceptors (Lipinski definition) is 3. The molecular formula is C20H30O3. The molecule has 0 aliphatic heterocycles. The second-order valence-electron chi connectivity index (χ2n) is 8.13. The van der Waals surface area contributed by atoms with Crippen molar-refractivity contribution in [3.8, 4) is 0 Å². The van der Waals surface area contributed by atoms with Crippen molar-refractivity contribution in [1.29, 1.82) is 0 Å². The van der Waals surface area contributed by atoms with Gasteiger partial charge in [0.2, 0.25) is 0 Å². The monoisotopic (exact) mass is 318 g/mol. The highest BCUT2D eigenvalue weighted by Gasteiger charge is 2.55. The van der Waals surface area contributed by atoms with Crippen molar-refractivity contribution in [3.05, 3.63) is 35.5 Å². The molecule has 0 bridgehead atoms. The predicted octanol–water partition coefficient (Wildman–Crippen LogP) is 3.57. The minimum absolute atomic E-state index is 0.151. The summed E-state index contributed by atoms with van der Waals surface area (Å²) in [6.07, 6.45) is 8.60. The van der Waals surface area contributed by atoms with Crippen LogP contribution in [0.1, 0.15) is 53.9 Å². The smallest absolute Gasteiger partial charge is 0.190 e. The van der Waals surface area contributed by atoms with E-state index >= 15 is 0 Å². The molecule has 0 heterocycles. The van der Waals surface area contributed by atoms with E-state index in [0.29, 0.717) is 23.8 Å². The molecule has 2 rings (SSSR count). The van der Waals surface area contributed by atoms with Crippen LogP contribution in [-0.2, 0) is 4.79 Å². The molecule has 0 amide bonds. The molecular weight excluding hydrogens is 288 g/mol. The van der Waals surface area contributed by atoms with Gasteiger partial charge < -0.3 is 10.2 Å². The van der Waals surface area contributed by atoms with Gasteiger partial charge in [-0.1, -0.05) is 37.6 Å². The van der Waals surface area contributed by atoms with Crippen LogP contribution in [0.2, 0.25) is 0 Å². The van der Waals surface area contributed by atoms with Crippen molar-refractivity contribution in [2.45, 2.75) is 65.6 Å². The fourth-order valence-electron chi connectivity index (χ4n) is 3.70. The summed E-state index contributed by atoms with van der Waals surface area (Å²) in [6, 6.07) is 0. The predicted molar refractivity (Wildman–Crippen MR) is 92.9 cm³/mol. The van der Waals surface area contributed by atoms with Crippen molar-refractivity contribution in [3.63, 3.8) is 0 Å². The molecule has 128 valence electrons. The van der Waals surface area contributed by atoms with Gasteiger partial charge in [-0.2, -0.15) is 0 Å². The molecule has 1 saturated carbocycles. The Morgan fingerprint density at radius 2 is 1.83 bits per heavy atom. The van der Waals surface area contributed by atoms with Gasteiger partial charge in [-0.05, 0) is 68.9 Å². The fourth-order valence-corrected chi connectivity index (χ4v) is 3.70. The van der Waals surface area contributed by atoms with Crippen LogP contribution in [-0.4, -0.2) is 27.7 Å². The Morgan fingerprint density at radius 3 is 2.48 bits per heavy atom. The van der Waals surface area contributed by atoms with Crippen LogP contribution < -0.4 is 0 Å². The van der Waals surface area contributed by atoms with Crippen LogP contribution in [0.5, 0.6) is 0 Å². The van der Waals surface area contributed by atoms with Gasteiger partial charge in [-0.15, -0.1) is 0 Å². The van der Waals surface area contributed by atoms with Gasteiger partial charge in [0, 0.05) is 0 Å². The highest BCUT2D eigenvalue weighted by molar-refractivity contribution is 5.99. The maximum absolute atomic E-state index is 12.3. The topological polar surface area (TPSA) is 57.5 Å². The zero-order valence-electron chi connectivity index (χ0n) is 15.0. The standard InChI is InChI=1S/C20H30O3/c1-13-7-6-9-20(5,23)10-8-15-16(19(15,3)4)12-14(2)18(22)17(21)11-13/h6,9,11-12,15-17,21,23H,7-8,10H2,1-5H3/b9-6+,13-11+,14-12+/t15-,16+,17+,20?/m0/s1. The Labute approximate surface area is 139 Å². The summed E-state index contributed by atoms with van der Waals surface area (Å²) in [5.74, 6) is 0.604. The first-order valence-electron chi connectivity index (χ1n) is 8.52. The maximum atomic E-state index is 12.3. The van der Waals surface area contributed by atoms with Crippen LogP contribution in [0, 0.1) is 17.3 Å². The van der Waals surface area contributed by atoms with Crippen LogP contribution in [0.25, 0.3) is 0 Å². The van der Waals surface area contributed by atoms with Gasteiger partial charge in [0.05, 0.1) is 5.60 Å². The molecule has 0 aromatic carbocycles. The third-order valence-corrected chi connectivity index (χ3v) is 5.55. The second-order valence-corrected chi connectivity index (χ2v) is 8.13. The number of ketones is 1. The molecule has 3 heteroatoms. The number of hydrogen-bond donors (Lipinski definition) is 2. The zero-order chi connectivity index (χ0) is 17.4. The number of carbonyl (C=O) groups is 1. The Morgan fingerprint density at radius 1 is 1.17 bits per heavy atom. The molecule has 0 saturated heterocycles. The zero-order valence-corrected chi connectivity index (χ0v) is 15.0. The van der Waals surface area contributed by atoms with Gasteiger partial charge >= 0.3 is 0 Å². The average molecular weight is 318 g/mol. The molecule has 0 radical (unpaired) electrons. The minimum atomic E-state index is -1.08. The van der Waals surface area contributed by atoms with E-state index in [-0.39, 0.29) is 11.2 Å². The van der Waals surface area contributed by atoms with Gasteiger partial charge in [-0.3, -0.25) is 4.79 Å². The number of aliphatic hydroxyl groups is 2. The highest BCUT2D eigenvalue weighted by atomic mass is 16.3. The van der Waals surface area contributed by atoms with Gasteiger partial charge in [-0.25, -0.2) is 0 Å². The summed E-state index contributed by atoms with van der Waals surface area (Å²) in [4.78, 5) is 12.3. The van der Waals surface area contributed by atoms with E-state index < -0.39 is 11.7 Å². The number of carbonyl (C=O) groups excluding carboxylic acids is 1. The van der Waals surface area contributed by atoms with Crippen molar-refractivity contribution < 1.29 is 15.0 Å². The van der Waals surface area contributed by atoms with Crippen molar-refractivity contribution >= 4 is 5.78 Å². The Balaban J connectivity index is 2.30. The Hall–Kier alpha value is -1.19. The van der Waals surface area contributed by atoms with E-state index in [9.17, 15) is 15.0 Å². The molecule has 2 aliphatic carbocycles. The normalized spacial score (nSPS) is 44.1. The molecule has 2 N–H and O–H groups in total. The third-order valence-electron chi connectivity index (χ3n) is 5.55. The molecule has 1 unspecified atom stereocenters. The third kappa shape index (κ3) is 4.21. The first kappa shape index (κ1) is 18.2. The Bertz CT molecular complexity index is 563. The summed E-state index contributed by atoms with van der Waals surface area (Å²) in [7, 11) is 0. The number of rotatable bonds is 0. The summed E-state index contributed by atoms with van der Waals surface area (Å²) in [5, 5.41) is 20.6. The van der Waals surface area contributed by atoms with E-state index in [1.54, 1.807) is 13.0 Å². The first-order chi connectivity index (χ1) is 10.5. The van der Waals surface area contributed by atoms with Crippen molar-refractivity contribution in [2.75, 3.05) is 0 Å². The molecule has 0 spiro atoms. The van der Waals surface area contributed by atoms with E-state index in [4.69, 9.17) is 0 Å². The molecule has 1 fully saturated rings. The van der Waals surface area contributed by atoms with Gasteiger partial charge in [0.15, 0.2) is 5.78 Å². The van der Waals surface area contributed by atoms with E-state index in [1.807, 2.05) is 32.1 Å². The molecule has 3 nitrogen and oxygen atoms in total. The maximum Gasteiger partial charge on any atom is 0.190 e. The van der Waals surface area contributed by atoms with Crippen LogP contribution in [0.3, 0.4) is 0 Å².